The predicted octanol–water partition coefficient (Wildman–Crippen LogP) is 3.64. The lowest BCUT2D eigenvalue weighted by molar-refractivity contribution is -0.132. The van der Waals surface area contributed by atoms with E-state index in [-0.39, 0.29) is 12.4 Å². The standard InChI is InChI=1S/C14H18BrF4N3/c1-2-20-13(22-8-6-14(17,18)19)21-7-5-10-3-4-12(16)11(15)9-10/h3-4,9H,2,5-8H2,1H3,(H2,20,21,22). The zero-order chi connectivity index (χ0) is 16.6. The zero-order valence-electron chi connectivity index (χ0n) is 12.1. The van der Waals surface area contributed by atoms with E-state index in [0.29, 0.717) is 29.9 Å². The summed E-state index contributed by atoms with van der Waals surface area (Å²) in [5, 5.41) is 5.83. The number of hydrogen-bond donors (Lipinski definition) is 2. The molecule has 0 unspecified atom stereocenters. The molecule has 0 saturated carbocycles. The number of hydrogen-bond acceptors (Lipinski definition) is 1. The van der Waals surface area contributed by atoms with Gasteiger partial charge in [0.25, 0.3) is 0 Å². The maximum Gasteiger partial charge on any atom is 0.390 e. The molecule has 2 N–H and O–H groups in total. The molecule has 124 valence electrons. The number of alkyl halides is 3. The highest BCUT2D eigenvalue weighted by atomic mass is 79.9. The third-order valence-corrected chi connectivity index (χ3v) is 3.31. The number of rotatable bonds is 6. The summed E-state index contributed by atoms with van der Waals surface area (Å²) in [6, 6.07) is 4.70. The lowest BCUT2D eigenvalue weighted by atomic mass is 10.1. The van der Waals surface area contributed by atoms with Gasteiger partial charge in [0, 0.05) is 13.1 Å². The van der Waals surface area contributed by atoms with Crippen LogP contribution in [0.1, 0.15) is 18.9 Å². The molecular formula is C14H18BrF4N3. The first-order valence-electron chi connectivity index (χ1n) is 6.84. The Morgan fingerprint density at radius 2 is 2.00 bits per heavy atom. The summed E-state index contributed by atoms with van der Waals surface area (Å²) in [5.74, 6) is 0.00619. The van der Waals surface area contributed by atoms with Crippen LogP contribution in [-0.2, 0) is 6.42 Å². The number of benzene rings is 1. The fourth-order valence-corrected chi connectivity index (χ4v) is 2.08. The SMILES string of the molecule is CCNC(=NCCC(F)(F)F)NCCc1ccc(F)c(Br)c1. The maximum absolute atomic E-state index is 13.1. The summed E-state index contributed by atoms with van der Waals surface area (Å²) in [6.45, 7) is 2.55. The highest BCUT2D eigenvalue weighted by molar-refractivity contribution is 9.10. The van der Waals surface area contributed by atoms with Crippen LogP contribution in [0, 0.1) is 5.82 Å². The van der Waals surface area contributed by atoms with E-state index >= 15 is 0 Å². The van der Waals surface area contributed by atoms with Crippen molar-refractivity contribution in [3.05, 3.63) is 34.1 Å². The Morgan fingerprint density at radius 3 is 2.59 bits per heavy atom. The Kier molecular flexibility index (Phi) is 7.64. The molecule has 1 rings (SSSR count). The number of nitrogens with one attached hydrogen (secondary N) is 2. The van der Waals surface area contributed by atoms with Crippen LogP contribution in [0.3, 0.4) is 0 Å². The summed E-state index contributed by atoms with van der Waals surface area (Å²) in [4.78, 5) is 3.87. The summed E-state index contributed by atoms with van der Waals surface area (Å²) in [7, 11) is 0. The van der Waals surface area contributed by atoms with E-state index in [1.54, 1.807) is 12.1 Å². The van der Waals surface area contributed by atoms with Crippen molar-refractivity contribution in [2.45, 2.75) is 25.9 Å². The van der Waals surface area contributed by atoms with Gasteiger partial charge in [0.15, 0.2) is 5.96 Å². The third kappa shape index (κ3) is 7.63. The van der Waals surface area contributed by atoms with Crippen LogP contribution in [0.5, 0.6) is 0 Å². The molecule has 0 aliphatic carbocycles. The zero-order valence-corrected chi connectivity index (χ0v) is 13.7. The second-order valence-electron chi connectivity index (χ2n) is 4.55. The first kappa shape index (κ1) is 18.7. The van der Waals surface area contributed by atoms with Crippen molar-refractivity contribution in [1.29, 1.82) is 0 Å². The van der Waals surface area contributed by atoms with Gasteiger partial charge >= 0.3 is 6.18 Å². The average molecular weight is 384 g/mol. The fourth-order valence-electron chi connectivity index (χ4n) is 1.66. The van der Waals surface area contributed by atoms with Gasteiger partial charge in [-0.1, -0.05) is 6.07 Å². The van der Waals surface area contributed by atoms with Crippen LogP contribution in [0.4, 0.5) is 17.6 Å². The Labute approximate surface area is 135 Å². The molecule has 0 radical (unpaired) electrons. The molecule has 0 aliphatic rings. The van der Waals surface area contributed by atoms with E-state index in [4.69, 9.17) is 0 Å². The van der Waals surface area contributed by atoms with Gasteiger partial charge in [-0.15, -0.1) is 0 Å². The molecule has 0 saturated heterocycles. The summed E-state index contributed by atoms with van der Waals surface area (Å²) in [6.07, 6.45) is -4.56. The number of guanidine groups is 1. The van der Waals surface area contributed by atoms with Gasteiger partial charge in [0.1, 0.15) is 5.82 Å². The summed E-state index contributed by atoms with van der Waals surface area (Å²) in [5.41, 5.74) is 0.909. The Morgan fingerprint density at radius 1 is 1.27 bits per heavy atom. The fraction of sp³-hybridized carbons (Fsp3) is 0.500. The minimum absolute atomic E-state index is 0.319. The van der Waals surface area contributed by atoms with E-state index in [1.165, 1.54) is 6.07 Å². The minimum Gasteiger partial charge on any atom is -0.357 e. The van der Waals surface area contributed by atoms with E-state index in [0.717, 1.165) is 5.56 Å². The van der Waals surface area contributed by atoms with Gasteiger partial charge in [-0.05, 0) is 47.0 Å². The largest absolute Gasteiger partial charge is 0.390 e. The van der Waals surface area contributed by atoms with Crippen molar-refractivity contribution in [3.63, 3.8) is 0 Å². The van der Waals surface area contributed by atoms with Gasteiger partial charge in [-0.2, -0.15) is 13.2 Å². The molecule has 0 amide bonds. The molecule has 0 aliphatic heterocycles. The van der Waals surface area contributed by atoms with Crippen molar-refractivity contribution >= 4 is 21.9 Å². The first-order valence-corrected chi connectivity index (χ1v) is 7.64. The predicted molar refractivity (Wildman–Crippen MR) is 82.5 cm³/mol. The molecule has 0 heterocycles. The molecule has 0 bridgehead atoms. The third-order valence-electron chi connectivity index (χ3n) is 2.70. The highest BCUT2D eigenvalue weighted by Gasteiger charge is 2.26. The number of aliphatic imine (C=N–C) groups is 1. The van der Waals surface area contributed by atoms with Crippen molar-refractivity contribution in [1.82, 2.24) is 10.6 Å². The van der Waals surface area contributed by atoms with Gasteiger partial charge in [0.2, 0.25) is 0 Å². The van der Waals surface area contributed by atoms with E-state index < -0.39 is 12.6 Å². The molecule has 0 fully saturated rings. The van der Waals surface area contributed by atoms with Crippen LogP contribution >= 0.6 is 15.9 Å². The minimum atomic E-state index is -4.21. The van der Waals surface area contributed by atoms with E-state index in [1.807, 2.05) is 6.92 Å². The maximum atomic E-state index is 13.1. The van der Waals surface area contributed by atoms with Crippen molar-refractivity contribution < 1.29 is 17.6 Å². The summed E-state index contributed by atoms with van der Waals surface area (Å²) >= 11 is 3.11. The number of nitrogens with zero attached hydrogens (tertiary/aromatic N) is 1. The highest BCUT2D eigenvalue weighted by Crippen LogP contribution is 2.19. The smallest absolute Gasteiger partial charge is 0.357 e. The summed E-state index contributed by atoms with van der Waals surface area (Å²) < 4.78 is 49.8. The van der Waals surface area contributed by atoms with Crippen molar-refractivity contribution in [2.75, 3.05) is 19.6 Å². The van der Waals surface area contributed by atoms with Gasteiger partial charge in [-0.3, -0.25) is 4.99 Å². The van der Waals surface area contributed by atoms with Crippen LogP contribution in [0.25, 0.3) is 0 Å². The van der Waals surface area contributed by atoms with Crippen LogP contribution in [0.15, 0.2) is 27.7 Å². The Balaban J connectivity index is 2.46. The van der Waals surface area contributed by atoms with Gasteiger partial charge in [-0.25, -0.2) is 4.39 Å². The van der Waals surface area contributed by atoms with Crippen LogP contribution in [0.2, 0.25) is 0 Å². The molecular weight excluding hydrogens is 366 g/mol. The molecule has 1 aromatic carbocycles. The lowest BCUT2D eigenvalue weighted by Gasteiger charge is -2.12. The van der Waals surface area contributed by atoms with Gasteiger partial charge < -0.3 is 10.6 Å². The topological polar surface area (TPSA) is 36.4 Å². The van der Waals surface area contributed by atoms with E-state index in [9.17, 15) is 17.6 Å². The Bertz CT molecular complexity index is 503. The molecule has 8 heteroatoms. The number of halogens is 5. The van der Waals surface area contributed by atoms with Crippen LogP contribution in [-0.4, -0.2) is 31.8 Å². The second-order valence-corrected chi connectivity index (χ2v) is 5.41. The Hall–Kier alpha value is -1.31. The van der Waals surface area contributed by atoms with Crippen molar-refractivity contribution in [2.24, 2.45) is 4.99 Å². The van der Waals surface area contributed by atoms with E-state index in [2.05, 4.69) is 31.6 Å². The molecule has 1 aromatic rings. The molecule has 22 heavy (non-hydrogen) atoms. The lowest BCUT2D eigenvalue weighted by Crippen LogP contribution is -2.38. The molecule has 3 nitrogen and oxygen atoms in total. The van der Waals surface area contributed by atoms with Crippen LogP contribution < -0.4 is 10.6 Å². The average Bonchev–Trinajstić information content (AvgIpc) is 2.41. The molecule has 0 aromatic heterocycles. The quantitative estimate of drug-likeness (QED) is 0.447. The van der Waals surface area contributed by atoms with Gasteiger partial charge in [0.05, 0.1) is 17.4 Å². The normalized spacial score (nSPS) is 12.4. The molecule has 0 spiro atoms. The second kappa shape index (κ2) is 8.97. The molecule has 0 atom stereocenters. The first-order chi connectivity index (χ1) is 10.3. The monoisotopic (exact) mass is 383 g/mol. The van der Waals surface area contributed by atoms with Crippen molar-refractivity contribution in [3.8, 4) is 0 Å².